The Labute approximate surface area is 114 Å². The summed E-state index contributed by atoms with van der Waals surface area (Å²) in [6.07, 6.45) is 1.87. The molecule has 1 aliphatic rings. The maximum Gasteiger partial charge on any atom is 0.0471 e. The van der Waals surface area contributed by atoms with Gasteiger partial charge in [-0.25, -0.2) is 0 Å². The number of aliphatic hydroxyl groups excluding tert-OH is 1. The van der Waals surface area contributed by atoms with Crippen molar-refractivity contribution in [2.45, 2.75) is 19.4 Å². The monoisotopic (exact) mass is 253 g/mol. The molecule has 3 rings (SSSR count). The number of fused-ring (bicyclic) bond motifs is 1. The first-order valence-corrected chi connectivity index (χ1v) is 6.88. The van der Waals surface area contributed by atoms with Gasteiger partial charge in [-0.1, -0.05) is 42.5 Å². The topological polar surface area (TPSA) is 23.5 Å². The minimum absolute atomic E-state index is 0.220. The van der Waals surface area contributed by atoms with Crippen molar-refractivity contribution in [2.24, 2.45) is 0 Å². The minimum atomic E-state index is 0.220. The Morgan fingerprint density at radius 2 is 1.84 bits per heavy atom. The van der Waals surface area contributed by atoms with Crippen LogP contribution in [0.25, 0.3) is 0 Å². The fraction of sp³-hybridized carbons (Fsp3) is 0.294. The summed E-state index contributed by atoms with van der Waals surface area (Å²) in [5.41, 5.74) is 5.34. The molecule has 2 nitrogen and oxygen atoms in total. The number of anilines is 1. The van der Waals surface area contributed by atoms with Crippen LogP contribution in [-0.2, 0) is 19.4 Å². The summed E-state index contributed by atoms with van der Waals surface area (Å²) in [6.45, 7) is 2.28. The molecule has 0 unspecified atom stereocenters. The second-order valence-corrected chi connectivity index (χ2v) is 5.09. The van der Waals surface area contributed by atoms with E-state index in [0.717, 1.165) is 25.9 Å². The average Bonchev–Trinajstić information content (AvgIpc) is 2.83. The summed E-state index contributed by atoms with van der Waals surface area (Å²) < 4.78 is 0. The van der Waals surface area contributed by atoms with E-state index in [1.165, 1.54) is 22.4 Å². The van der Waals surface area contributed by atoms with Crippen molar-refractivity contribution in [3.63, 3.8) is 0 Å². The van der Waals surface area contributed by atoms with Crippen LogP contribution in [0.4, 0.5) is 5.69 Å². The molecule has 0 atom stereocenters. The van der Waals surface area contributed by atoms with E-state index in [1.54, 1.807) is 0 Å². The van der Waals surface area contributed by atoms with Crippen LogP contribution < -0.4 is 4.90 Å². The molecular formula is C17H19NO. The van der Waals surface area contributed by atoms with Gasteiger partial charge in [-0.2, -0.15) is 0 Å². The van der Waals surface area contributed by atoms with Crippen molar-refractivity contribution in [3.05, 3.63) is 65.2 Å². The van der Waals surface area contributed by atoms with Crippen LogP contribution in [0.3, 0.4) is 0 Å². The lowest BCUT2D eigenvalue weighted by atomic mass is 10.1. The van der Waals surface area contributed by atoms with Crippen molar-refractivity contribution in [3.8, 4) is 0 Å². The van der Waals surface area contributed by atoms with E-state index < -0.39 is 0 Å². The van der Waals surface area contributed by atoms with Gasteiger partial charge in [-0.3, -0.25) is 0 Å². The van der Waals surface area contributed by atoms with E-state index in [0.29, 0.717) is 0 Å². The fourth-order valence-corrected chi connectivity index (χ4v) is 2.74. The predicted octanol–water partition coefficient (Wildman–Crippen LogP) is 2.78. The molecule has 2 aromatic rings. The van der Waals surface area contributed by atoms with Crippen LogP contribution in [0.15, 0.2) is 48.5 Å². The molecule has 19 heavy (non-hydrogen) atoms. The van der Waals surface area contributed by atoms with Gasteiger partial charge in [0.25, 0.3) is 0 Å². The van der Waals surface area contributed by atoms with Crippen LogP contribution in [-0.4, -0.2) is 18.3 Å². The Bertz CT molecular complexity index is 550. The van der Waals surface area contributed by atoms with Crippen LogP contribution in [0.5, 0.6) is 0 Å². The smallest absolute Gasteiger partial charge is 0.0471 e. The maximum absolute atomic E-state index is 9.06. The Morgan fingerprint density at radius 3 is 2.63 bits per heavy atom. The van der Waals surface area contributed by atoms with Gasteiger partial charge < -0.3 is 10.0 Å². The summed E-state index contributed by atoms with van der Waals surface area (Å²) in [5, 5.41) is 9.06. The molecule has 0 bridgehead atoms. The van der Waals surface area contributed by atoms with Crippen LogP contribution >= 0.6 is 0 Å². The first kappa shape index (κ1) is 12.2. The van der Waals surface area contributed by atoms with Gasteiger partial charge in [0.15, 0.2) is 0 Å². The maximum atomic E-state index is 9.06. The molecule has 2 heteroatoms. The molecule has 98 valence electrons. The van der Waals surface area contributed by atoms with Gasteiger partial charge in [0.05, 0.1) is 0 Å². The van der Waals surface area contributed by atoms with E-state index in [2.05, 4.69) is 53.4 Å². The molecule has 0 fully saturated rings. The van der Waals surface area contributed by atoms with Crippen molar-refractivity contribution in [1.29, 1.82) is 0 Å². The van der Waals surface area contributed by atoms with Crippen molar-refractivity contribution < 1.29 is 5.11 Å². The number of benzene rings is 2. The van der Waals surface area contributed by atoms with Crippen molar-refractivity contribution >= 4 is 5.69 Å². The zero-order valence-corrected chi connectivity index (χ0v) is 11.0. The zero-order chi connectivity index (χ0) is 13.1. The first-order chi connectivity index (χ1) is 9.36. The molecule has 0 spiro atoms. The van der Waals surface area contributed by atoms with Gasteiger partial charge in [0.2, 0.25) is 0 Å². The number of rotatable bonds is 4. The predicted molar refractivity (Wildman–Crippen MR) is 78.4 cm³/mol. The third kappa shape index (κ3) is 2.64. The number of hydrogen-bond donors (Lipinski definition) is 1. The van der Waals surface area contributed by atoms with Crippen LogP contribution in [0.1, 0.15) is 16.7 Å². The third-order valence-electron chi connectivity index (χ3n) is 3.76. The largest absolute Gasteiger partial charge is 0.396 e. The Morgan fingerprint density at radius 1 is 1.00 bits per heavy atom. The van der Waals surface area contributed by atoms with Crippen LogP contribution in [0.2, 0.25) is 0 Å². The molecule has 2 aromatic carbocycles. The first-order valence-electron chi connectivity index (χ1n) is 6.88. The number of hydrogen-bond acceptors (Lipinski definition) is 2. The van der Waals surface area contributed by atoms with E-state index in [4.69, 9.17) is 5.11 Å². The Hall–Kier alpha value is -1.80. The number of aliphatic hydroxyl groups is 1. The quantitative estimate of drug-likeness (QED) is 0.905. The van der Waals surface area contributed by atoms with Gasteiger partial charge >= 0.3 is 0 Å². The molecule has 0 saturated carbocycles. The van der Waals surface area contributed by atoms with E-state index in [-0.39, 0.29) is 6.61 Å². The van der Waals surface area contributed by atoms with E-state index >= 15 is 0 Å². The number of nitrogens with zero attached hydrogens (tertiary/aromatic N) is 1. The van der Waals surface area contributed by atoms with Crippen molar-refractivity contribution in [1.82, 2.24) is 0 Å². The highest BCUT2D eigenvalue weighted by Gasteiger charge is 2.19. The van der Waals surface area contributed by atoms with Crippen molar-refractivity contribution in [2.75, 3.05) is 18.1 Å². The van der Waals surface area contributed by atoms with Gasteiger partial charge in [-0.15, -0.1) is 0 Å². The molecule has 1 heterocycles. The van der Waals surface area contributed by atoms with E-state index in [9.17, 15) is 0 Å². The highest BCUT2D eigenvalue weighted by atomic mass is 16.2. The molecule has 0 amide bonds. The summed E-state index contributed by atoms with van der Waals surface area (Å²) in [4.78, 5) is 2.44. The van der Waals surface area contributed by atoms with E-state index in [1.807, 2.05) is 0 Å². The molecule has 0 aromatic heterocycles. The average molecular weight is 253 g/mol. The molecular weight excluding hydrogens is 234 g/mol. The molecule has 1 N–H and O–H groups in total. The van der Waals surface area contributed by atoms with Gasteiger partial charge in [0, 0.05) is 25.4 Å². The lowest BCUT2D eigenvalue weighted by molar-refractivity contribution is 0.299. The summed E-state index contributed by atoms with van der Waals surface area (Å²) in [6, 6.07) is 17.2. The molecule has 0 aliphatic carbocycles. The highest BCUT2D eigenvalue weighted by molar-refractivity contribution is 5.59. The Kier molecular flexibility index (Phi) is 3.51. The van der Waals surface area contributed by atoms with Crippen LogP contribution in [0, 0.1) is 0 Å². The second kappa shape index (κ2) is 5.45. The standard InChI is InChI=1S/C17H19NO/c19-11-9-14-6-7-16-8-10-18(17(16)12-14)13-15-4-2-1-3-5-15/h1-7,12,19H,8-11,13H2. The normalized spacial score (nSPS) is 13.6. The SMILES string of the molecule is OCCc1ccc2c(c1)N(Cc1ccccc1)CC2. The minimum Gasteiger partial charge on any atom is -0.396 e. The zero-order valence-electron chi connectivity index (χ0n) is 11.0. The molecule has 0 saturated heterocycles. The third-order valence-corrected chi connectivity index (χ3v) is 3.76. The van der Waals surface area contributed by atoms with Gasteiger partial charge in [-0.05, 0) is 35.6 Å². The summed E-state index contributed by atoms with van der Waals surface area (Å²) in [7, 11) is 0. The second-order valence-electron chi connectivity index (χ2n) is 5.09. The fourth-order valence-electron chi connectivity index (χ4n) is 2.74. The summed E-state index contributed by atoms with van der Waals surface area (Å²) in [5.74, 6) is 0. The molecule has 0 radical (unpaired) electrons. The Balaban J connectivity index is 1.82. The summed E-state index contributed by atoms with van der Waals surface area (Å²) >= 11 is 0. The highest BCUT2D eigenvalue weighted by Crippen LogP contribution is 2.30. The molecule has 1 aliphatic heterocycles. The lowest BCUT2D eigenvalue weighted by Crippen LogP contribution is -2.19. The lowest BCUT2D eigenvalue weighted by Gasteiger charge is -2.20. The van der Waals surface area contributed by atoms with Gasteiger partial charge in [0.1, 0.15) is 0 Å².